The number of para-hydroxylation sites is 2. The maximum atomic E-state index is 13.1. The number of methoxy groups -OCH3 is 1. The van der Waals surface area contributed by atoms with Crippen LogP contribution in [0.2, 0.25) is 0 Å². The van der Waals surface area contributed by atoms with Crippen molar-refractivity contribution in [3.63, 3.8) is 0 Å². The quantitative estimate of drug-likeness (QED) is 0.707. The van der Waals surface area contributed by atoms with Gasteiger partial charge < -0.3 is 15.0 Å². The first-order valence-electron chi connectivity index (χ1n) is 9.94. The van der Waals surface area contributed by atoms with E-state index in [1.165, 1.54) is 17.9 Å². The highest BCUT2D eigenvalue weighted by Crippen LogP contribution is 2.23. The molecule has 30 heavy (non-hydrogen) atoms. The maximum absolute atomic E-state index is 13.1. The molecular weight excluding hydrogens is 382 g/mol. The van der Waals surface area contributed by atoms with E-state index in [4.69, 9.17) is 4.74 Å². The molecule has 1 aliphatic heterocycles. The van der Waals surface area contributed by atoms with Crippen LogP contribution >= 0.6 is 0 Å². The van der Waals surface area contributed by atoms with Gasteiger partial charge in [0.1, 0.15) is 5.75 Å². The SMILES string of the molecule is COc1ccccc1-n1cc(C(=O)NCC(=O)N2CCCC2)c2ccccc2c1=O. The van der Waals surface area contributed by atoms with Gasteiger partial charge in [0.15, 0.2) is 0 Å². The number of aromatic nitrogens is 1. The summed E-state index contributed by atoms with van der Waals surface area (Å²) in [7, 11) is 1.53. The van der Waals surface area contributed by atoms with Gasteiger partial charge in [-0.05, 0) is 31.0 Å². The van der Waals surface area contributed by atoms with Crippen molar-refractivity contribution in [2.45, 2.75) is 12.8 Å². The molecule has 0 aliphatic carbocycles. The fourth-order valence-electron chi connectivity index (χ4n) is 3.81. The van der Waals surface area contributed by atoms with E-state index in [2.05, 4.69) is 5.32 Å². The minimum Gasteiger partial charge on any atom is -0.495 e. The van der Waals surface area contributed by atoms with Crippen molar-refractivity contribution in [2.75, 3.05) is 26.7 Å². The number of nitrogens with one attached hydrogen (secondary N) is 1. The molecule has 1 saturated heterocycles. The van der Waals surface area contributed by atoms with Crippen molar-refractivity contribution in [2.24, 2.45) is 0 Å². The molecule has 2 aromatic carbocycles. The molecule has 3 aromatic rings. The Kier molecular flexibility index (Phi) is 5.52. The summed E-state index contributed by atoms with van der Waals surface area (Å²) in [4.78, 5) is 40.2. The molecule has 1 aromatic heterocycles. The molecule has 0 bridgehead atoms. The summed E-state index contributed by atoms with van der Waals surface area (Å²) in [5.41, 5.74) is 0.614. The van der Waals surface area contributed by atoms with Gasteiger partial charge in [0.2, 0.25) is 5.91 Å². The van der Waals surface area contributed by atoms with Crippen LogP contribution in [0, 0.1) is 0 Å². The molecule has 1 aliphatic rings. The molecule has 0 spiro atoms. The van der Waals surface area contributed by atoms with Gasteiger partial charge in [0.25, 0.3) is 11.5 Å². The van der Waals surface area contributed by atoms with Crippen molar-refractivity contribution < 1.29 is 14.3 Å². The maximum Gasteiger partial charge on any atom is 0.263 e. The van der Waals surface area contributed by atoms with E-state index in [9.17, 15) is 14.4 Å². The van der Waals surface area contributed by atoms with Crippen LogP contribution < -0.4 is 15.6 Å². The summed E-state index contributed by atoms with van der Waals surface area (Å²) in [5, 5.41) is 3.68. The Balaban J connectivity index is 1.73. The van der Waals surface area contributed by atoms with Crippen molar-refractivity contribution in [1.29, 1.82) is 0 Å². The minimum atomic E-state index is -0.401. The predicted molar refractivity (Wildman–Crippen MR) is 114 cm³/mol. The van der Waals surface area contributed by atoms with E-state index in [-0.39, 0.29) is 18.0 Å². The summed E-state index contributed by atoms with van der Waals surface area (Å²) < 4.78 is 6.81. The number of hydrogen-bond donors (Lipinski definition) is 1. The lowest BCUT2D eigenvalue weighted by Crippen LogP contribution is -2.39. The first-order chi connectivity index (χ1) is 14.6. The second-order valence-electron chi connectivity index (χ2n) is 7.21. The number of carbonyl (C=O) groups is 2. The standard InChI is InChI=1S/C23H23N3O4/c1-30-20-11-5-4-10-19(20)26-15-18(16-8-2-3-9-17(16)23(26)29)22(28)24-14-21(27)25-12-6-7-13-25/h2-5,8-11,15H,6-7,12-14H2,1H3,(H,24,28). The number of pyridine rings is 1. The van der Waals surface area contributed by atoms with Gasteiger partial charge in [-0.1, -0.05) is 30.3 Å². The highest BCUT2D eigenvalue weighted by Gasteiger charge is 2.20. The Bertz CT molecular complexity index is 1160. The summed E-state index contributed by atoms with van der Waals surface area (Å²) in [5.74, 6) is 0.0241. The first kappa shape index (κ1) is 19.7. The van der Waals surface area contributed by atoms with E-state index in [1.807, 2.05) is 6.07 Å². The molecule has 154 valence electrons. The number of ether oxygens (including phenoxy) is 1. The third-order valence-electron chi connectivity index (χ3n) is 5.37. The van der Waals surface area contributed by atoms with Gasteiger partial charge in [-0.2, -0.15) is 0 Å². The Morgan fingerprint density at radius 1 is 1.00 bits per heavy atom. The lowest BCUT2D eigenvalue weighted by atomic mass is 10.1. The Labute approximate surface area is 173 Å². The van der Waals surface area contributed by atoms with Gasteiger partial charge in [0, 0.05) is 30.1 Å². The molecule has 7 nitrogen and oxygen atoms in total. The van der Waals surface area contributed by atoms with Crippen LogP contribution in [-0.4, -0.2) is 48.0 Å². The van der Waals surface area contributed by atoms with Crippen molar-refractivity contribution in [3.8, 4) is 11.4 Å². The third kappa shape index (κ3) is 3.66. The van der Waals surface area contributed by atoms with E-state index in [1.54, 1.807) is 47.4 Å². The van der Waals surface area contributed by atoms with Gasteiger partial charge in [-0.25, -0.2) is 0 Å². The number of nitrogens with zero attached hydrogens (tertiary/aromatic N) is 2. The molecule has 1 N–H and O–H groups in total. The van der Waals surface area contributed by atoms with E-state index in [0.29, 0.717) is 27.8 Å². The van der Waals surface area contributed by atoms with Gasteiger partial charge in [-0.15, -0.1) is 0 Å². The molecule has 4 rings (SSSR count). The second-order valence-corrected chi connectivity index (χ2v) is 7.21. The Morgan fingerprint density at radius 3 is 2.40 bits per heavy atom. The topological polar surface area (TPSA) is 80.6 Å². The van der Waals surface area contributed by atoms with Crippen molar-refractivity contribution in [3.05, 3.63) is 70.6 Å². The smallest absolute Gasteiger partial charge is 0.263 e. The zero-order valence-electron chi connectivity index (χ0n) is 16.8. The molecule has 0 radical (unpaired) electrons. The highest BCUT2D eigenvalue weighted by atomic mass is 16.5. The molecule has 0 saturated carbocycles. The van der Waals surface area contributed by atoms with Gasteiger partial charge in [0.05, 0.1) is 24.9 Å². The summed E-state index contributed by atoms with van der Waals surface area (Å²) in [6.45, 7) is 1.40. The zero-order valence-corrected chi connectivity index (χ0v) is 16.8. The van der Waals surface area contributed by atoms with Crippen molar-refractivity contribution in [1.82, 2.24) is 14.8 Å². The predicted octanol–water partition coefficient (Wildman–Crippen LogP) is 2.35. The molecule has 1 fully saturated rings. The van der Waals surface area contributed by atoms with Crippen LogP contribution in [0.5, 0.6) is 5.75 Å². The number of likely N-dealkylation sites (tertiary alicyclic amines) is 1. The molecular formula is C23H23N3O4. The van der Waals surface area contributed by atoms with Crippen LogP contribution in [0.25, 0.3) is 16.5 Å². The van der Waals surface area contributed by atoms with E-state index in [0.717, 1.165) is 25.9 Å². The molecule has 0 unspecified atom stereocenters. The lowest BCUT2D eigenvalue weighted by Gasteiger charge is -2.17. The monoisotopic (exact) mass is 405 g/mol. The molecule has 7 heteroatoms. The van der Waals surface area contributed by atoms with Crippen LogP contribution in [-0.2, 0) is 4.79 Å². The fraction of sp³-hybridized carbons (Fsp3) is 0.261. The Hall–Kier alpha value is -3.61. The fourth-order valence-corrected chi connectivity index (χ4v) is 3.81. The number of carbonyl (C=O) groups excluding carboxylic acids is 2. The average Bonchev–Trinajstić information content (AvgIpc) is 3.33. The summed E-state index contributed by atoms with van der Waals surface area (Å²) >= 11 is 0. The molecule has 0 atom stereocenters. The van der Waals surface area contributed by atoms with Crippen molar-refractivity contribution >= 4 is 22.6 Å². The normalized spacial score (nSPS) is 13.4. The Morgan fingerprint density at radius 2 is 1.67 bits per heavy atom. The number of rotatable bonds is 5. The minimum absolute atomic E-state index is 0.0685. The summed E-state index contributed by atoms with van der Waals surface area (Å²) in [6, 6.07) is 14.1. The van der Waals surface area contributed by atoms with Gasteiger partial charge in [-0.3, -0.25) is 19.0 Å². The van der Waals surface area contributed by atoms with Crippen LogP contribution in [0.15, 0.2) is 59.5 Å². The molecule has 2 amide bonds. The van der Waals surface area contributed by atoms with E-state index >= 15 is 0 Å². The largest absolute Gasteiger partial charge is 0.495 e. The van der Waals surface area contributed by atoms with Crippen LogP contribution in [0.4, 0.5) is 0 Å². The number of hydrogen-bond acceptors (Lipinski definition) is 4. The summed E-state index contributed by atoms with van der Waals surface area (Å²) in [6.07, 6.45) is 3.50. The lowest BCUT2D eigenvalue weighted by molar-refractivity contribution is -0.129. The third-order valence-corrected chi connectivity index (χ3v) is 5.37. The highest BCUT2D eigenvalue weighted by molar-refractivity contribution is 6.07. The second kappa shape index (κ2) is 8.41. The first-order valence-corrected chi connectivity index (χ1v) is 9.94. The zero-order chi connectivity index (χ0) is 21.1. The molecule has 2 heterocycles. The van der Waals surface area contributed by atoms with Crippen LogP contribution in [0.3, 0.4) is 0 Å². The van der Waals surface area contributed by atoms with Gasteiger partial charge >= 0.3 is 0 Å². The number of amides is 2. The average molecular weight is 405 g/mol. The number of benzene rings is 2. The van der Waals surface area contributed by atoms with E-state index < -0.39 is 5.91 Å². The van der Waals surface area contributed by atoms with Crippen LogP contribution in [0.1, 0.15) is 23.2 Å². The number of fused-ring (bicyclic) bond motifs is 1.